The summed E-state index contributed by atoms with van der Waals surface area (Å²) in [5.74, 6) is 1.46. The Morgan fingerprint density at radius 2 is 1.34 bits per heavy atom. The zero-order valence-electron chi connectivity index (χ0n) is 36.6. The zero-order valence-corrected chi connectivity index (χ0v) is 38.3. The largest absolute Gasteiger partial charge is 0.497 e. The van der Waals surface area contributed by atoms with Crippen molar-refractivity contribution in [3.8, 4) is 39.8 Å². The molecule has 4 aromatic carbocycles. The van der Waals surface area contributed by atoms with Crippen LogP contribution in [0.25, 0.3) is 22.5 Å². The Morgan fingerprint density at radius 1 is 0.785 bits per heavy atom. The molecule has 0 aliphatic rings. The molecular formula is C44H51N9O10S2. The summed E-state index contributed by atoms with van der Waals surface area (Å²) in [5.41, 5.74) is 7.87. The molecule has 344 valence electrons. The van der Waals surface area contributed by atoms with Crippen LogP contribution in [0.1, 0.15) is 37.5 Å². The summed E-state index contributed by atoms with van der Waals surface area (Å²) in [4.78, 5) is 16.3. The Bertz CT molecular complexity index is 2750. The Labute approximate surface area is 377 Å². The summed E-state index contributed by atoms with van der Waals surface area (Å²) in [6.07, 6.45) is 0.536. The third-order valence-corrected chi connectivity index (χ3v) is 13.2. The maximum absolute atomic E-state index is 15.8. The van der Waals surface area contributed by atoms with Crippen molar-refractivity contribution in [1.29, 1.82) is 0 Å². The second kappa shape index (κ2) is 20.5. The quantitative estimate of drug-likeness (QED) is 0.0866. The highest BCUT2D eigenvalue weighted by atomic mass is 32.2. The number of carbonyl (C=O) groups is 1. The SMILES string of the molecule is COc1ccc(CN(Cc2ccc(OC)cc2)S(=O)(=O)c2c(S(=O)(=O)NCC(O)CNC(=O)OC(C)(C)C)ccc(-c3ccncc3N)c2-c2nnn(Cc3ccc(OC)cc3)n2)cc1. The first-order chi connectivity index (χ1) is 30.9. The predicted octanol–water partition coefficient (Wildman–Crippen LogP) is 4.61. The van der Waals surface area contributed by atoms with Crippen molar-refractivity contribution < 1.29 is 45.7 Å². The van der Waals surface area contributed by atoms with Crippen molar-refractivity contribution in [2.75, 3.05) is 40.2 Å². The number of nitrogens with two attached hydrogens (primary N) is 1. The molecule has 6 rings (SSSR count). The lowest BCUT2D eigenvalue weighted by Gasteiger charge is -2.26. The Balaban J connectivity index is 1.55. The van der Waals surface area contributed by atoms with Crippen molar-refractivity contribution in [2.45, 2.75) is 61.9 Å². The number of nitrogens with zero attached hydrogens (tertiary/aromatic N) is 6. The van der Waals surface area contributed by atoms with Crippen LogP contribution in [0.15, 0.2) is 113 Å². The van der Waals surface area contributed by atoms with E-state index in [1.165, 1.54) is 37.5 Å². The number of sulfonamides is 2. The van der Waals surface area contributed by atoms with E-state index in [-0.39, 0.29) is 42.3 Å². The number of alkyl carbamates (subject to hydrolysis) is 1. The Hall–Kier alpha value is -6.65. The number of ether oxygens (including phenoxy) is 4. The fraction of sp³-hybridized carbons (Fsp3) is 0.295. The number of nitrogens with one attached hydrogen (secondary N) is 2. The second-order valence-corrected chi connectivity index (χ2v) is 19.2. The van der Waals surface area contributed by atoms with Gasteiger partial charge in [0.2, 0.25) is 25.9 Å². The number of aromatic nitrogens is 5. The van der Waals surface area contributed by atoms with Gasteiger partial charge >= 0.3 is 6.09 Å². The topological polar surface area (TPSA) is 252 Å². The Morgan fingerprint density at radius 3 is 1.86 bits per heavy atom. The molecule has 21 heteroatoms. The molecule has 0 saturated carbocycles. The van der Waals surface area contributed by atoms with Gasteiger partial charge in [-0.15, -0.1) is 10.2 Å². The van der Waals surface area contributed by atoms with E-state index in [1.807, 2.05) is 0 Å². The molecule has 19 nitrogen and oxygen atoms in total. The normalized spacial score (nSPS) is 12.4. The minimum atomic E-state index is -4.97. The smallest absolute Gasteiger partial charge is 0.407 e. The van der Waals surface area contributed by atoms with Crippen LogP contribution in [0.3, 0.4) is 0 Å². The summed E-state index contributed by atoms with van der Waals surface area (Å²) < 4.78 is 85.7. The molecule has 0 aliphatic heterocycles. The van der Waals surface area contributed by atoms with E-state index in [9.17, 15) is 18.3 Å². The summed E-state index contributed by atoms with van der Waals surface area (Å²) in [6, 6.07) is 24.7. The van der Waals surface area contributed by atoms with E-state index >= 15 is 8.42 Å². The molecule has 2 heterocycles. The first kappa shape index (κ1) is 47.8. The van der Waals surface area contributed by atoms with Gasteiger partial charge in [-0.05, 0) is 96.8 Å². The van der Waals surface area contributed by atoms with Crippen molar-refractivity contribution in [2.24, 2.45) is 0 Å². The number of aliphatic hydroxyl groups is 1. The van der Waals surface area contributed by atoms with Crippen LogP contribution < -0.4 is 30.0 Å². The van der Waals surface area contributed by atoms with E-state index in [0.717, 1.165) is 15.9 Å². The molecule has 0 saturated heterocycles. The van der Waals surface area contributed by atoms with E-state index in [0.29, 0.717) is 33.9 Å². The number of benzene rings is 4. The number of methoxy groups -OCH3 is 3. The third kappa shape index (κ3) is 12.1. The third-order valence-electron chi connectivity index (χ3n) is 9.74. The van der Waals surface area contributed by atoms with Crippen LogP contribution in [0, 0.1) is 0 Å². The van der Waals surface area contributed by atoms with Crippen molar-refractivity contribution in [1.82, 2.24) is 39.5 Å². The number of amides is 1. The number of tetrazole rings is 1. The average molecular weight is 930 g/mol. The fourth-order valence-corrected chi connectivity index (χ4v) is 10.0. The van der Waals surface area contributed by atoms with Crippen LogP contribution in [0.4, 0.5) is 10.5 Å². The van der Waals surface area contributed by atoms with Crippen molar-refractivity contribution in [3.05, 3.63) is 120 Å². The van der Waals surface area contributed by atoms with Crippen LogP contribution in [0.5, 0.6) is 17.2 Å². The van der Waals surface area contributed by atoms with Gasteiger partial charge in [-0.1, -0.05) is 42.5 Å². The molecule has 2 aromatic heterocycles. The van der Waals surface area contributed by atoms with E-state index in [2.05, 4.69) is 30.4 Å². The van der Waals surface area contributed by atoms with Gasteiger partial charge in [-0.2, -0.15) is 9.10 Å². The summed E-state index contributed by atoms with van der Waals surface area (Å²) >= 11 is 0. The van der Waals surface area contributed by atoms with E-state index in [1.54, 1.807) is 107 Å². The van der Waals surface area contributed by atoms with Gasteiger partial charge in [0.15, 0.2) is 0 Å². The number of hydrogen-bond donors (Lipinski definition) is 4. The molecule has 0 radical (unpaired) electrons. The van der Waals surface area contributed by atoms with Crippen LogP contribution in [-0.4, -0.2) is 104 Å². The molecule has 0 aliphatic carbocycles. The number of anilines is 1. The van der Waals surface area contributed by atoms with Crippen molar-refractivity contribution >= 4 is 31.8 Å². The standard InChI is InChI=1S/C44H51N9O10S2/c1-44(2,3)63-43(55)47-23-32(54)24-48-64(56,57)39-20-19-37(36-21-22-46-25-38(36)45)40(42-49-51-53(50-42)28-31-11-17-35(62-6)18-12-31)41(39)65(58,59)52(26-29-7-13-33(60-4)14-8-29)27-30-9-15-34(61-5)16-10-30/h7-22,25,32,48,54H,23-24,26-28,45H2,1-6H3,(H,47,55). The lowest BCUT2D eigenvalue weighted by atomic mass is 9.99. The minimum Gasteiger partial charge on any atom is -0.497 e. The van der Waals surface area contributed by atoms with Crippen molar-refractivity contribution in [3.63, 3.8) is 0 Å². The van der Waals surface area contributed by atoms with Gasteiger partial charge in [0.1, 0.15) is 32.6 Å². The number of carbonyl (C=O) groups excluding carboxylic acids is 1. The Kier molecular flexibility index (Phi) is 15.1. The molecular weight excluding hydrogens is 879 g/mol. The maximum Gasteiger partial charge on any atom is 0.407 e. The molecule has 0 spiro atoms. The number of aliphatic hydroxyl groups excluding tert-OH is 1. The number of nitrogen functional groups attached to an aromatic ring is 1. The lowest BCUT2D eigenvalue weighted by molar-refractivity contribution is 0.0494. The summed E-state index contributed by atoms with van der Waals surface area (Å²) in [6.45, 7) is 3.59. The molecule has 1 amide bonds. The first-order valence-electron chi connectivity index (χ1n) is 20.1. The van der Waals surface area contributed by atoms with Gasteiger partial charge in [0.05, 0.1) is 51.4 Å². The molecule has 65 heavy (non-hydrogen) atoms. The number of hydrogen-bond acceptors (Lipinski definition) is 15. The molecule has 0 fully saturated rings. The number of pyridine rings is 1. The van der Waals surface area contributed by atoms with Crippen LogP contribution in [0.2, 0.25) is 0 Å². The van der Waals surface area contributed by atoms with Gasteiger partial charge in [-0.3, -0.25) is 4.98 Å². The molecule has 6 aromatic rings. The van der Waals surface area contributed by atoms with Crippen LogP contribution >= 0.6 is 0 Å². The summed E-state index contributed by atoms with van der Waals surface area (Å²) in [5, 5.41) is 26.4. The highest BCUT2D eigenvalue weighted by Crippen LogP contribution is 2.42. The average Bonchev–Trinajstić information content (AvgIpc) is 3.75. The lowest BCUT2D eigenvalue weighted by Crippen LogP contribution is -2.42. The van der Waals surface area contributed by atoms with E-state index < -0.39 is 60.7 Å². The predicted molar refractivity (Wildman–Crippen MR) is 241 cm³/mol. The summed E-state index contributed by atoms with van der Waals surface area (Å²) in [7, 11) is -5.26. The van der Waals surface area contributed by atoms with Gasteiger partial charge in [0, 0.05) is 37.9 Å². The maximum atomic E-state index is 15.8. The van der Waals surface area contributed by atoms with Gasteiger partial charge in [-0.25, -0.2) is 26.4 Å². The van der Waals surface area contributed by atoms with E-state index in [4.69, 9.17) is 24.7 Å². The first-order valence-corrected chi connectivity index (χ1v) is 23.0. The molecule has 5 N–H and O–H groups in total. The molecule has 1 atom stereocenters. The number of rotatable bonds is 19. The highest BCUT2D eigenvalue weighted by molar-refractivity contribution is 7.92. The van der Waals surface area contributed by atoms with Crippen LogP contribution in [-0.2, 0) is 44.4 Å². The minimum absolute atomic E-state index is 0.0988. The van der Waals surface area contributed by atoms with Gasteiger partial charge < -0.3 is 35.1 Å². The van der Waals surface area contributed by atoms with Gasteiger partial charge in [0.25, 0.3) is 0 Å². The molecule has 1 unspecified atom stereocenters. The zero-order chi connectivity index (χ0) is 46.9. The second-order valence-electron chi connectivity index (χ2n) is 15.6. The fourth-order valence-electron chi connectivity index (χ4n) is 6.53. The highest BCUT2D eigenvalue weighted by Gasteiger charge is 2.38. The monoisotopic (exact) mass is 929 g/mol. The molecule has 0 bridgehead atoms.